The van der Waals surface area contributed by atoms with E-state index in [9.17, 15) is 9.18 Å². The highest BCUT2D eigenvalue weighted by Gasteiger charge is 2.26. The van der Waals surface area contributed by atoms with Crippen molar-refractivity contribution in [2.24, 2.45) is 0 Å². The summed E-state index contributed by atoms with van der Waals surface area (Å²) in [6.07, 6.45) is 1.06. The zero-order chi connectivity index (χ0) is 14.5. The zero-order valence-corrected chi connectivity index (χ0v) is 11.5. The van der Waals surface area contributed by atoms with Crippen molar-refractivity contribution in [2.75, 3.05) is 13.7 Å². The summed E-state index contributed by atoms with van der Waals surface area (Å²) in [6.45, 7) is 3.68. The molecule has 0 bridgehead atoms. The van der Waals surface area contributed by atoms with Crippen molar-refractivity contribution in [3.05, 3.63) is 29.6 Å². The maximum absolute atomic E-state index is 14.0. The standard InChI is InChI=1S/C14H20FNO3/c1-4-14(2,8-9-17)16-13(18)10-6-5-7-11(19-3)12(10)15/h5-7,17H,4,8-9H2,1-3H3,(H,16,18). The Morgan fingerprint density at radius 1 is 1.53 bits per heavy atom. The second-order valence-corrected chi connectivity index (χ2v) is 4.66. The van der Waals surface area contributed by atoms with Gasteiger partial charge in [-0.05, 0) is 31.9 Å². The first-order valence-electron chi connectivity index (χ1n) is 6.23. The van der Waals surface area contributed by atoms with E-state index in [1.165, 1.54) is 19.2 Å². The van der Waals surface area contributed by atoms with Crippen molar-refractivity contribution in [1.82, 2.24) is 5.32 Å². The predicted molar refractivity (Wildman–Crippen MR) is 70.8 cm³/mol. The summed E-state index contributed by atoms with van der Waals surface area (Å²) in [6, 6.07) is 4.42. The van der Waals surface area contributed by atoms with Gasteiger partial charge in [0.25, 0.3) is 5.91 Å². The number of halogens is 1. The molecule has 0 aliphatic heterocycles. The molecule has 0 heterocycles. The molecule has 1 unspecified atom stereocenters. The van der Waals surface area contributed by atoms with Gasteiger partial charge in [-0.15, -0.1) is 0 Å². The molecule has 19 heavy (non-hydrogen) atoms. The van der Waals surface area contributed by atoms with Crippen LogP contribution in [-0.4, -0.2) is 30.3 Å². The minimum absolute atomic E-state index is 0.0352. The predicted octanol–water partition coefficient (Wildman–Crippen LogP) is 2.12. The molecule has 1 aromatic rings. The van der Waals surface area contributed by atoms with Gasteiger partial charge in [-0.25, -0.2) is 4.39 Å². The number of hydrogen-bond acceptors (Lipinski definition) is 3. The Hall–Kier alpha value is -1.62. The van der Waals surface area contributed by atoms with E-state index in [0.29, 0.717) is 12.8 Å². The van der Waals surface area contributed by atoms with Crippen molar-refractivity contribution in [2.45, 2.75) is 32.2 Å². The van der Waals surface area contributed by atoms with Gasteiger partial charge in [0.2, 0.25) is 0 Å². The monoisotopic (exact) mass is 269 g/mol. The Balaban J connectivity index is 2.95. The Kier molecular flexibility index (Phi) is 5.30. The third-order valence-electron chi connectivity index (χ3n) is 3.29. The molecule has 0 saturated heterocycles. The quantitative estimate of drug-likeness (QED) is 0.831. The van der Waals surface area contributed by atoms with Crippen LogP contribution in [0.2, 0.25) is 0 Å². The molecule has 0 radical (unpaired) electrons. The molecule has 0 aliphatic rings. The molecule has 1 atom stereocenters. The van der Waals surface area contributed by atoms with Crippen molar-refractivity contribution >= 4 is 5.91 Å². The van der Waals surface area contributed by atoms with E-state index in [4.69, 9.17) is 9.84 Å². The van der Waals surface area contributed by atoms with Gasteiger partial charge in [-0.3, -0.25) is 4.79 Å². The van der Waals surface area contributed by atoms with Crippen LogP contribution in [0.3, 0.4) is 0 Å². The van der Waals surface area contributed by atoms with Crippen molar-refractivity contribution < 1.29 is 19.0 Å². The zero-order valence-electron chi connectivity index (χ0n) is 11.5. The molecule has 1 aromatic carbocycles. The summed E-state index contributed by atoms with van der Waals surface area (Å²) in [5.41, 5.74) is -0.613. The van der Waals surface area contributed by atoms with E-state index >= 15 is 0 Å². The van der Waals surface area contributed by atoms with Gasteiger partial charge in [0.15, 0.2) is 11.6 Å². The second-order valence-electron chi connectivity index (χ2n) is 4.66. The van der Waals surface area contributed by atoms with Crippen LogP contribution in [0, 0.1) is 5.82 Å². The molecule has 4 nitrogen and oxygen atoms in total. The number of carbonyl (C=O) groups is 1. The van der Waals surface area contributed by atoms with Crippen LogP contribution in [0.5, 0.6) is 5.75 Å². The van der Waals surface area contributed by atoms with E-state index in [-0.39, 0.29) is 17.9 Å². The summed E-state index contributed by atoms with van der Waals surface area (Å²) in [4.78, 5) is 12.1. The number of aliphatic hydroxyl groups is 1. The first kappa shape index (κ1) is 15.4. The molecule has 1 rings (SSSR count). The third kappa shape index (κ3) is 3.67. The Morgan fingerprint density at radius 2 is 2.21 bits per heavy atom. The van der Waals surface area contributed by atoms with Crippen LogP contribution in [0.25, 0.3) is 0 Å². The minimum atomic E-state index is -0.676. The van der Waals surface area contributed by atoms with Crippen LogP contribution >= 0.6 is 0 Å². The Bertz CT molecular complexity index is 450. The number of nitrogens with one attached hydrogen (secondary N) is 1. The number of rotatable bonds is 6. The molecular weight excluding hydrogens is 249 g/mol. The molecule has 2 N–H and O–H groups in total. The highest BCUT2D eigenvalue weighted by atomic mass is 19.1. The first-order chi connectivity index (χ1) is 8.97. The maximum Gasteiger partial charge on any atom is 0.254 e. The summed E-state index contributed by atoms with van der Waals surface area (Å²) < 4.78 is 18.8. The fraction of sp³-hybridized carbons (Fsp3) is 0.500. The fourth-order valence-electron chi connectivity index (χ4n) is 1.76. The normalized spacial score (nSPS) is 13.7. The molecule has 0 spiro atoms. The fourth-order valence-corrected chi connectivity index (χ4v) is 1.76. The minimum Gasteiger partial charge on any atom is -0.494 e. The largest absolute Gasteiger partial charge is 0.494 e. The summed E-state index contributed by atoms with van der Waals surface area (Å²) in [5.74, 6) is -1.15. The van der Waals surface area contributed by atoms with Crippen molar-refractivity contribution in [1.29, 1.82) is 0 Å². The molecule has 106 valence electrons. The smallest absolute Gasteiger partial charge is 0.254 e. The number of benzene rings is 1. The average molecular weight is 269 g/mol. The van der Waals surface area contributed by atoms with Crippen LogP contribution in [0.1, 0.15) is 37.0 Å². The van der Waals surface area contributed by atoms with Crippen LogP contribution < -0.4 is 10.1 Å². The topological polar surface area (TPSA) is 58.6 Å². The van der Waals surface area contributed by atoms with Crippen molar-refractivity contribution in [3.63, 3.8) is 0 Å². The molecule has 5 heteroatoms. The SMILES string of the molecule is CCC(C)(CCO)NC(=O)c1cccc(OC)c1F. The summed E-state index contributed by atoms with van der Waals surface area (Å²) >= 11 is 0. The first-order valence-corrected chi connectivity index (χ1v) is 6.23. The van der Waals surface area contributed by atoms with Gasteiger partial charge in [-0.1, -0.05) is 13.0 Å². The lowest BCUT2D eigenvalue weighted by atomic mass is 9.94. The number of carbonyl (C=O) groups excluding carboxylic acids is 1. The molecule has 0 aromatic heterocycles. The number of amides is 1. The van der Waals surface area contributed by atoms with E-state index in [1.807, 2.05) is 13.8 Å². The van der Waals surface area contributed by atoms with Gasteiger partial charge in [-0.2, -0.15) is 0 Å². The second kappa shape index (κ2) is 6.52. The Labute approximate surface area is 112 Å². The molecule has 1 amide bonds. The average Bonchev–Trinajstić information content (AvgIpc) is 2.39. The van der Waals surface area contributed by atoms with Gasteiger partial charge in [0, 0.05) is 12.1 Å². The maximum atomic E-state index is 14.0. The number of aliphatic hydroxyl groups excluding tert-OH is 1. The van der Waals surface area contributed by atoms with Crippen LogP contribution in [-0.2, 0) is 0 Å². The number of methoxy groups -OCH3 is 1. The van der Waals surface area contributed by atoms with Gasteiger partial charge in [0.05, 0.1) is 12.7 Å². The summed E-state index contributed by atoms with van der Waals surface area (Å²) in [7, 11) is 1.35. The molecule has 0 saturated carbocycles. The molecular formula is C14H20FNO3. The van der Waals surface area contributed by atoms with E-state index < -0.39 is 17.3 Å². The van der Waals surface area contributed by atoms with Gasteiger partial charge < -0.3 is 15.2 Å². The van der Waals surface area contributed by atoms with E-state index in [1.54, 1.807) is 6.07 Å². The van der Waals surface area contributed by atoms with Crippen LogP contribution in [0.15, 0.2) is 18.2 Å². The third-order valence-corrected chi connectivity index (χ3v) is 3.29. The Morgan fingerprint density at radius 3 is 2.74 bits per heavy atom. The number of hydrogen-bond donors (Lipinski definition) is 2. The van der Waals surface area contributed by atoms with Gasteiger partial charge >= 0.3 is 0 Å². The van der Waals surface area contributed by atoms with Crippen LogP contribution in [0.4, 0.5) is 4.39 Å². The lowest BCUT2D eigenvalue weighted by molar-refractivity contribution is 0.0881. The number of ether oxygens (including phenoxy) is 1. The van der Waals surface area contributed by atoms with E-state index in [2.05, 4.69) is 5.32 Å². The molecule has 0 fully saturated rings. The lowest BCUT2D eigenvalue weighted by Gasteiger charge is -2.29. The summed E-state index contributed by atoms with van der Waals surface area (Å²) in [5, 5.41) is 11.8. The van der Waals surface area contributed by atoms with Crippen molar-refractivity contribution in [3.8, 4) is 5.75 Å². The highest BCUT2D eigenvalue weighted by molar-refractivity contribution is 5.95. The molecule has 0 aliphatic carbocycles. The highest BCUT2D eigenvalue weighted by Crippen LogP contribution is 2.21. The van der Waals surface area contributed by atoms with E-state index in [0.717, 1.165) is 0 Å². The van der Waals surface area contributed by atoms with Gasteiger partial charge in [0.1, 0.15) is 0 Å². The lowest BCUT2D eigenvalue weighted by Crippen LogP contribution is -2.46.